The lowest BCUT2D eigenvalue weighted by Crippen LogP contribution is -1.95. The fourth-order valence-electron chi connectivity index (χ4n) is 1.23. The van der Waals surface area contributed by atoms with Crippen molar-refractivity contribution in [3.8, 4) is 6.07 Å². The maximum absolute atomic E-state index is 9.09. The zero-order valence-corrected chi connectivity index (χ0v) is 21.1. The highest BCUT2D eigenvalue weighted by Crippen LogP contribution is 2.23. The molecule has 2 aromatic heterocycles. The van der Waals surface area contributed by atoms with Crippen LogP contribution in [0.5, 0.6) is 0 Å². The summed E-state index contributed by atoms with van der Waals surface area (Å²) < 4.78 is 9.09. The summed E-state index contributed by atoms with van der Waals surface area (Å²) in [6, 6.07) is 1.82. The second kappa shape index (κ2) is 15.5. The van der Waals surface area contributed by atoms with Gasteiger partial charge in [-0.1, -0.05) is 75.1 Å². The topological polar surface area (TPSA) is 125 Å². The van der Waals surface area contributed by atoms with Crippen LogP contribution < -0.4 is 0 Å². The Bertz CT molecular complexity index is 879. The maximum Gasteiger partial charge on any atom is 0.211 e. The van der Waals surface area contributed by atoms with E-state index in [9.17, 15) is 0 Å². The SMILES string of the molecule is CSc1nc(Cl)c(/C=N/O)c(Cl)n1.CSc1nc(Cl)c(C#N)c(Cl)n1.O=S(Cl)Cl. The van der Waals surface area contributed by atoms with Crippen LogP contribution in [0, 0.1) is 11.3 Å². The average Bonchev–Trinajstić information content (AvgIpc) is 2.64. The fourth-order valence-corrected chi connectivity index (χ4v) is 3.12. The van der Waals surface area contributed by atoms with Crippen LogP contribution in [0.3, 0.4) is 0 Å². The summed E-state index contributed by atoms with van der Waals surface area (Å²) in [4.78, 5) is 15.5. The normalized spacial score (nSPS) is 10.1. The summed E-state index contributed by atoms with van der Waals surface area (Å²) in [6.07, 6.45) is 4.70. The highest BCUT2D eigenvalue weighted by Gasteiger charge is 2.10. The largest absolute Gasteiger partial charge is 0.411 e. The predicted molar refractivity (Wildman–Crippen MR) is 122 cm³/mol. The molecule has 2 rings (SSSR count). The fraction of sp³-hybridized carbons (Fsp3) is 0.167. The van der Waals surface area contributed by atoms with Crippen LogP contribution in [0.25, 0.3) is 0 Å². The van der Waals surface area contributed by atoms with Gasteiger partial charge in [0.05, 0.1) is 11.8 Å². The zero-order chi connectivity index (χ0) is 22.6. The van der Waals surface area contributed by atoms with Gasteiger partial charge in [0.25, 0.3) is 0 Å². The summed E-state index contributed by atoms with van der Waals surface area (Å²) in [6.45, 7) is 0. The molecule has 0 atom stereocenters. The molecule has 0 spiro atoms. The van der Waals surface area contributed by atoms with Gasteiger partial charge >= 0.3 is 0 Å². The third-order valence-corrected chi connectivity index (χ3v) is 4.51. The van der Waals surface area contributed by atoms with Crippen molar-refractivity contribution in [3.63, 3.8) is 0 Å². The first-order valence-electron chi connectivity index (χ1n) is 6.47. The molecule has 0 aliphatic heterocycles. The molecule has 1 N–H and O–H groups in total. The molecule has 0 aliphatic carbocycles. The number of oxime groups is 1. The molecule has 0 aromatic carbocycles. The molecular weight excluding hydrogens is 569 g/mol. The van der Waals surface area contributed by atoms with Crippen molar-refractivity contribution in [2.75, 3.05) is 12.5 Å². The molecule has 0 aliphatic rings. The first-order chi connectivity index (χ1) is 13.6. The number of hydrogen-bond donors (Lipinski definition) is 1. The highest BCUT2D eigenvalue weighted by atomic mass is 36.0. The molecule has 2 heterocycles. The van der Waals surface area contributed by atoms with Crippen LogP contribution in [-0.4, -0.2) is 48.1 Å². The van der Waals surface area contributed by atoms with E-state index >= 15 is 0 Å². The monoisotopic (exact) mass is 574 g/mol. The zero-order valence-electron chi connectivity index (χ0n) is 14.1. The molecule has 158 valence electrons. The van der Waals surface area contributed by atoms with Gasteiger partial charge in [-0.25, -0.2) is 24.1 Å². The lowest BCUT2D eigenvalue weighted by atomic mass is 10.4. The van der Waals surface area contributed by atoms with Gasteiger partial charge in [-0.15, -0.1) is 0 Å². The molecule has 0 radical (unpaired) electrons. The van der Waals surface area contributed by atoms with Gasteiger partial charge in [0.15, 0.2) is 20.6 Å². The number of hydrogen-bond acceptors (Lipinski definition) is 10. The maximum atomic E-state index is 9.09. The van der Waals surface area contributed by atoms with E-state index in [0.717, 1.165) is 6.21 Å². The van der Waals surface area contributed by atoms with Crippen LogP contribution in [0.1, 0.15) is 11.1 Å². The van der Waals surface area contributed by atoms with E-state index in [4.69, 9.17) is 61.1 Å². The Morgan fingerprint density at radius 2 is 1.31 bits per heavy atom. The van der Waals surface area contributed by atoms with Crippen LogP contribution in [0.4, 0.5) is 0 Å². The molecule has 29 heavy (non-hydrogen) atoms. The molecule has 2 aromatic rings. The van der Waals surface area contributed by atoms with Gasteiger partial charge in [0, 0.05) is 21.4 Å². The van der Waals surface area contributed by atoms with E-state index in [1.807, 2.05) is 12.3 Å². The molecule has 17 heteroatoms. The minimum Gasteiger partial charge on any atom is -0.411 e. The summed E-state index contributed by atoms with van der Waals surface area (Å²) in [7, 11) is 7.36. The highest BCUT2D eigenvalue weighted by molar-refractivity contribution is 8.26. The number of rotatable bonds is 3. The van der Waals surface area contributed by atoms with E-state index in [-0.39, 0.29) is 26.2 Å². The minimum absolute atomic E-state index is 0.0989. The van der Waals surface area contributed by atoms with Gasteiger partial charge < -0.3 is 5.21 Å². The predicted octanol–water partition coefficient (Wildman–Crippen LogP) is 5.73. The molecule has 0 saturated carbocycles. The van der Waals surface area contributed by atoms with Crippen LogP contribution in [0.2, 0.25) is 20.6 Å². The van der Waals surface area contributed by atoms with Gasteiger partial charge in [-0.2, -0.15) is 5.26 Å². The van der Waals surface area contributed by atoms with Crippen molar-refractivity contribution >= 4 is 107 Å². The molecule has 0 amide bonds. The number of thioether (sulfide) groups is 2. The summed E-state index contributed by atoms with van der Waals surface area (Å²) >= 11 is 25.4. The average molecular weight is 577 g/mol. The number of aromatic nitrogens is 4. The molecule has 0 saturated heterocycles. The van der Waals surface area contributed by atoms with E-state index < -0.39 is 9.23 Å². The first-order valence-corrected chi connectivity index (χ1v) is 13.2. The van der Waals surface area contributed by atoms with E-state index in [0.29, 0.717) is 15.9 Å². The third-order valence-electron chi connectivity index (χ3n) is 2.30. The van der Waals surface area contributed by atoms with Gasteiger partial charge in [-0.3, -0.25) is 0 Å². The Morgan fingerprint density at radius 3 is 1.59 bits per heavy atom. The Labute approximate surface area is 205 Å². The number of nitriles is 1. The van der Waals surface area contributed by atoms with Crippen molar-refractivity contribution in [1.29, 1.82) is 5.26 Å². The molecule has 0 fully saturated rings. The summed E-state index contributed by atoms with van der Waals surface area (Å²) in [5.74, 6) is 0. The standard InChI is InChI=1S/C6H5Cl2N3OS.C6H3Cl2N3S.Cl2OS/c1-13-6-10-4(7)3(2-9-12)5(8)11-6;1-12-6-10-4(7)3(2-9)5(8)11-6;1-4(2)3/h2,12H,1H3;1H3;/b9-2+;;. The van der Waals surface area contributed by atoms with Crippen molar-refractivity contribution in [1.82, 2.24) is 19.9 Å². The molecule has 0 unspecified atom stereocenters. The Morgan fingerprint density at radius 1 is 0.966 bits per heavy atom. The van der Waals surface area contributed by atoms with Gasteiger partial charge in [0.2, 0.25) is 9.23 Å². The van der Waals surface area contributed by atoms with Crippen molar-refractivity contribution < 1.29 is 9.42 Å². The quantitative estimate of drug-likeness (QED) is 0.0926. The third kappa shape index (κ3) is 11.1. The summed E-state index contributed by atoms with van der Waals surface area (Å²) in [5.41, 5.74) is 0.430. The Balaban J connectivity index is 0.000000459. The van der Waals surface area contributed by atoms with Gasteiger partial charge in [-0.05, 0) is 12.5 Å². The molecular formula is C12H8Cl6N6O2S3. The van der Waals surface area contributed by atoms with Crippen LogP contribution >= 0.6 is 91.3 Å². The lowest BCUT2D eigenvalue weighted by Gasteiger charge is -2.00. The molecule has 0 bridgehead atoms. The lowest BCUT2D eigenvalue weighted by molar-refractivity contribution is 0.322. The van der Waals surface area contributed by atoms with Gasteiger partial charge in [0.1, 0.15) is 21.9 Å². The van der Waals surface area contributed by atoms with Crippen LogP contribution in [-0.2, 0) is 9.23 Å². The van der Waals surface area contributed by atoms with E-state index in [1.165, 1.54) is 23.5 Å². The first kappa shape index (κ1) is 28.7. The summed E-state index contributed by atoms with van der Waals surface area (Å²) in [5, 5.41) is 21.1. The Kier molecular flexibility index (Phi) is 15.3. The van der Waals surface area contributed by atoms with Crippen molar-refractivity contribution in [3.05, 3.63) is 31.7 Å². The number of halogens is 6. The number of nitrogens with zero attached hydrogens (tertiary/aromatic N) is 6. The van der Waals surface area contributed by atoms with Crippen molar-refractivity contribution in [2.45, 2.75) is 10.3 Å². The smallest absolute Gasteiger partial charge is 0.211 e. The minimum atomic E-state index is -1.67. The van der Waals surface area contributed by atoms with E-state index in [1.54, 1.807) is 6.26 Å². The second-order valence-electron chi connectivity index (χ2n) is 3.91. The van der Waals surface area contributed by atoms with E-state index in [2.05, 4.69) is 46.5 Å². The Hall–Kier alpha value is -0.290. The van der Waals surface area contributed by atoms with Crippen LogP contribution in [0.15, 0.2) is 15.5 Å². The second-order valence-corrected chi connectivity index (χ2v) is 9.42. The molecule has 8 nitrogen and oxygen atoms in total. The van der Waals surface area contributed by atoms with Crippen molar-refractivity contribution in [2.24, 2.45) is 5.16 Å².